The highest BCUT2D eigenvalue weighted by Crippen LogP contribution is 2.23. The Morgan fingerprint density at radius 1 is 1.03 bits per heavy atom. The number of rotatable bonds is 5. The lowest BCUT2D eigenvalue weighted by molar-refractivity contribution is 0.0603. The SMILES string of the molecule is O=C(c1nc(-c2ccccc2)n(-c2cccc(Cl)c2)n1)N1CCN(CCO)CC1. The number of carbonyl (C=O) groups excluding carboxylic acids is 1. The lowest BCUT2D eigenvalue weighted by Crippen LogP contribution is -2.49. The van der Waals surface area contributed by atoms with Gasteiger partial charge in [-0.25, -0.2) is 9.67 Å². The second-order valence-corrected chi connectivity index (χ2v) is 7.31. The summed E-state index contributed by atoms with van der Waals surface area (Å²) in [6, 6.07) is 17.0. The molecule has 4 rings (SSSR count). The maximum absolute atomic E-state index is 13.1. The van der Waals surface area contributed by atoms with E-state index in [4.69, 9.17) is 16.7 Å². The first-order valence-electron chi connectivity index (χ1n) is 9.56. The molecule has 1 N–H and O–H groups in total. The first-order chi connectivity index (χ1) is 14.2. The van der Waals surface area contributed by atoms with Crippen LogP contribution in [0.5, 0.6) is 0 Å². The van der Waals surface area contributed by atoms with Crippen molar-refractivity contribution in [3.63, 3.8) is 0 Å². The Morgan fingerprint density at radius 2 is 1.79 bits per heavy atom. The monoisotopic (exact) mass is 411 g/mol. The molecule has 0 spiro atoms. The zero-order valence-electron chi connectivity index (χ0n) is 15.9. The Bertz CT molecular complexity index is 984. The van der Waals surface area contributed by atoms with Crippen LogP contribution in [-0.4, -0.2) is 74.9 Å². The maximum Gasteiger partial charge on any atom is 0.293 e. The first-order valence-corrected chi connectivity index (χ1v) is 9.94. The number of piperazine rings is 1. The summed E-state index contributed by atoms with van der Waals surface area (Å²) in [6.45, 7) is 3.39. The van der Waals surface area contributed by atoms with Gasteiger partial charge in [0, 0.05) is 43.3 Å². The summed E-state index contributed by atoms with van der Waals surface area (Å²) >= 11 is 6.16. The molecule has 0 radical (unpaired) electrons. The normalized spacial score (nSPS) is 14.9. The molecule has 1 aromatic heterocycles. The van der Waals surface area contributed by atoms with Gasteiger partial charge in [0.15, 0.2) is 5.82 Å². The van der Waals surface area contributed by atoms with E-state index < -0.39 is 0 Å². The van der Waals surface area contributed by atoms with Crippen LogP contribution in [-0.2, 0) is 0 Å². The lowest BCUT2D eigenvalue weighted by Gasteiger charge is -2.33. The van der Waals surface area contributed by atoms with Crippen molar-refractivity contribution in [2.45, 2.75) is 0 Å². The summed E-state index contributed by atoms with van der Waals surface area (Å²) in [7, 11) is 0. The number of aromatic nitrogens is 3. The summed E-state index contributed by atoms with van der Waals surface area (Å²) in [6.07, 6.45) is 0. The second kappa shape index (κ2) is 8.73. The van der Waals surface area contributed by atoms with Crippen LogP contribution in [0.4, 0.5) is 0 Å². The summed E-state index contributed by atoms with van der Waals surface area (Å²) in [5.74, 6) is 0.571. The van der Waals surface area contributed by atoms with Gasteiger partial charge >= 0.3 is 0 Å². The molecule has 1 amide bonds. The van der Waals surface area contributed by atoms with Crippen LogP contribution in [0.15, 0.2) is 54.6 Å². The van der Waals surface area contributed by atoms with Crippen LogP contribution in [0.3, 0.4) is 0 Å². The molecule has 0 bridgehead atoms. The van der Waals surface area contributed by atoms with E-state index in [1.54, 1.807) is 21.7 Å². The molecule has 2 heterocycles. The molecule has 0 aliphatic carbocycles. The Hall–Kier alpha value is -2.74. The summed E-state index contributed by atoms with van der Waals surface area (Å²) < 4.78 is 1.66. The number of amides is 1. The van der Waals surface area contributed by atoms with Gasteiger partial charge in [-0.3, -0.25) is 9.69 Å². The molecule has 0 unspecified atom stereocenters. The number of β-amino-alcohol motifs (C(OH)–C–C–N with tert-alkyl or cyclic N) is 1. The molecule has 3 aromatic rings. The molecule has 0 saturated carbocycles. The highest BCUT2D eigenvalue weighted by atomic mass is 35.5. The molecule has 29 heavy (non-hydrogen) atoms. The minimum atomic E-state index is -0.188. The molecule has 1 saturated heterocycles. The van der Waals surface area contributed by atoms with E-state index in [2.05, 4.69) is 15.0 Å². The van der Waals surface area contributed by atoms with E-state index in [0.29, 0.717) is 30.5 Å². The molecule has 1 fully saturated rings. The van der Waals surface area contributed by atoms with Crippen molar-refractivity contribution in [2.75, 3.05) is 39.3 Å². The minimum absolute atomic E-state index is 0.125. The number of nitrogens with zero attached hydrogens (tertiary/aromatic N) is 5. The Kier molecular flexibility index (Phi) is 5.89. The Balaban J connectivity index is 1.66. The highest BCUT2D eigenvalue weighted by molar-refractivity contribution is 6.30. The predicted molar refractivity (Wildman–Crippen MR) is 111 cm³/mol. The van der Waals surface area contributed by atoms with Gasteiger partial charge in [0.05, 0.1) is 12.3 Å². The summed E-state index contributed by atoms with van der Waals surface area (Å²) in [4.78, 5) is 21.5. The smallest absolute Gasteiger partial charge is 0.293 e. The molecular weight excluding hydrogens is 390 g/mol. The topological polar surface area (TPSA) is 74.5 Å². The summed E-state index contributed by atoms with van der Waals surface area (Å²) in [5, 5.41) is 14.2. The number of carbonyl (C=O) groups is 1. The average molecular weight is 412 g/mol. The number of aliphatic hydroxyl groups excluding tert-OH is 1. The number of hydrogen-bond donors (Lipinski definition) is 1. The Labute approximate surface area is 174 Å². The largest absolute Gasteiger partial charge is 0.395 e. The fourth-order valence-corrected chi connectivity index (χ4v) is 3.61. The number of halogens is 1. The van der Waals surface area contributed by atoms with Crippen molar-refractivity contribution in [1.29, 1.82) is 0 Å². The van der Waals surface area contributed by atoms with Gasteiger partial charge < -0.3 is 10.0 Å². The minimum Gasteiger partial charge on any atom is -0.395 e. The van der Waals surface area contributed by atoms with E-state index in [0.717, 1.165) is 24.3 Å². The van der Waals surface area contributed by atoms with Gasteiger partial charge in [-0.2, -0.15) is 0 Å². The van der Waals surface area contributed by atoms with Gasteiger partial charge in [0.25, 0.3) is 5.91 Å². The zero-order chi connectivity index (χ0) is 20.2. The predicted octanol–water partition coefficient (Wildman–Crippen LogP) is 2.34. The molecule has 8 heteroatoms. The van der Waals surface area contributed by atoms with Gasteiger partial charge in [0.1, 0.15) is 0 Å². The van der Waals surface area contributed by atoms with Crippen molar-refractivity contribution in [3.8, 4) is 17.1 Å². The fourth-order valence-electron chi connectivity index (χ4n) is 3.42. The van der Waals surface area contributed by atoms with Gasteiger partial charge in [0.2, 0.25) is 5.82 Å². The Morgan fingerprint density at radius 3 is 2.48 bits per heavy atom. The van der Waals surface area contributed by atoms with Crippen LogP contribution >= 0.6 is 11.6 Å². The third-order valence-corrected chi connectivity index (χ3v) is 5.19. The van der Waals surface area contributed by atoms with Crippen LogP contribution in [0.1, 0.15) is 10.6 Å². The van der Waals surface area contributed by atoms with E-state index in [-0.39, 0.29) is 18.3 Å². The lowest BCUT2D eigenvalue weighted by atomic mass is 10.2. The quantitative estimate of drug-likeness (QED) is 0.697. The number of aliphatic hydroxyl groups is 1. The molecular formula is C21H22ClN5O2. The van der Waals surface area contributed by atoms with Crippen molar-refractivity contribution in [2.24, 2.45) is 0 Å². The molecule has 2 aromatic carbocycles. The third kappa shape index (κ3) is 4.32. The van der Waals surface area contributed by atoms with Crippen LogP contribution in [0.25, 0.3) is 17.1 Å². The average Bonchev–Trinajstić information content (AvgIpc) is 3.20. The standard InChI is InChI=1S/C21H22ClN5O2/c22-17-7-4-8-18(15-17)27-20(16-5-2-1-3-6-16)23-19(24-27)21(29)26-11-9-25(10-12-26)13-14-28/h1-8,15,28H,9-14H2. The second-order valence-electron chi connectivity index (χ2n) is 6.87. The molecule has 1 aliphatic heterocycles. The van der Waals surface area contributed by atoms with E-state index in [1.165, 1.54) is 0 Å². The number of hydrogen-bond acceptors (Lipinski definition) is 5. The molecule has 0 atom stereocenters. The van der Waals surface area contributed by atoms with Crippen LogP contribution < -0.4 is 0 Å². The van der Waals surface area contributed by atoms with Crippen molar-refractivity contribution < 1.29 is 9.90 Å². The maximum atomic E-state index is 13.1. The van der Waals surface area contributed by atoms with Crippen LogP contribution in [0.2, 0.25) is 5.02 Å². The van der Waals surface area contributed by atoms with Gasteiger partial charge in [-0.1, -0.05) is 48.0 Å². The van der Waals surface area contributed by atoms with Gasteiger partial charge in [-0.15, -0.1) is 5.10 Å². The fraction of sp³-hybridized carbons (Fsp3) is 0.286. The number of benzene rings is 2. The zero-order valence-corrected chi connectivity index (χ0v) is 16.7. The van der Waals surface area contributed by atoms with Gasteiger partial charge in [-0.05, 0) is 18.2 Å². The van der Waals surface area contributed by atoms with Crippen molar-refractivity contribution in [3.05, 3.63) is 65.4 Å². The molecule has 150 valence electrons. The van der Waals surface area contributed by atoms with Crippen LogP contribution in [0, 0.1) is 0 Å². The molecule has 7 nitrogen and oxygen atoms in total. The van der Waals surface area contributed by atoms with Crippen molar-refractivity contribution >= 4 is 17.5 Å². The van der Waals surface area contributed by atoms with Crippen molar-refractivity contribution in [1.82, 2.24) is 24.6 Å². The summed E-state index contributed by atoms with van der Waals surface area (Å²) in [5.41, 5.74) is 1.61. The van der Waals surface area contributed by atoms with E-state index in [9.17, 15) is 4.79 Å². The third-order valence-electron chi connectivity index (χ3n) is 4.96. The van der Waals surface area contributed by atoms with E-state index >= 15 is 0 Å². The van der Waals surface area contributed by atoms with E-state index in [1.807, 2.05) is 42.5 Å². The molecule has 1 aliphatic rings. The highest BCUT2D eigenvalue weighted by Gasteiger charge is 2.26. The first kappa shape index (κ1) is 19.6.